The van der Waals surface area contributed by atoms with Gasteiger partial charge in [0.25, 0.3) is 0 Å². The van der Waals surface area contributed by atoms with E-state index in [1.807, 2.05) is 23.5 Å². The van der Waals surface area contributed by atoms with Crippen LogP contribution in [0, 0.1) is 5.41 Å². The van der Waals surface area contributed by atoms with Crippen molar-refractivity contribution >= 4 is 28.7 Å². The molecule has 2 aliphatic rings. The highest BCUT2D eigenvalue weighted by Crippen LogP contribution is 2.33. The number of amidine groups is 1. The van der Waals surface area contributed by atoms with Gasteiger partial charge in [-0.3, -0.25) is 4.99 Å². The van der Waals surface area contributed by atoms with Gasteiger partial charge in [-0.1, -0.05) is 32.5 Å². The number of hydrogen-bond acceptors (Lipinski definition) is 4. The first-order chi connectivity index (χ1) is 8.46. The van der Waals surface area contributed by atoms with E-state index in [0.717, 1.165) is 11.8 Å². The third-order valence-corrected chi connectivity index (χ3v) is 5.82. The van der Waals surface area contributed by atoms with Crippen molar-refractivity contribution in [2.45, 2.75) is 63.0 Å². The van der Waals surface area contributed by atoms with Crippen LogP contribution < -0.4 is 5.32 Å². The SMILES string of the molecule is CSC1CCC(NC2=NCC(CC(C)(C)C)S2)C1. The third-order valence-electron chi connectivity index (χ3n) is 3.60. The summed E-state index contributed by atoms with van der Waals surface area (Å²) in [5, 5.41) is 6.41. The standard InChI is InChI=1S/C14H26N2S2/c1-14(2,3)8-12-9-15-13(18-12)16-10-5-6-11(7-10)17-4/h10-12H,5-9H2,1-4H3,(H,15,16). The van der Waals surface area contributed by atoms with E-state index in [1.165, 1.54) is 30.9 Å². The maximum Gasteiger partial charge on any atom is 0.157 e. The highest BCUT2D eigenvalue weighted by Gasteiger charge is 2.29. The molecule has 3 atom stereocenters. The van der Waals surface area contributed by atoms with Crippen LogP contribution in [0.5, 0.6) is 0 Å². The van der Waals surface area contributed by atoms with Gasteiger partial charge in [0.1, 0.15) is 0 Å². The molecular weight excluding hydrogens is 260 g/mol. The monoisotopic (exact) mass is 286 g/mol. The minimum absolute atomic E-state index is 0.417. The van der Waals surface area contributed by atoms with Crippen molar-refractivity contribution in [1.29, 1.82) is 0 Å². The Hall–Kier alpha value is 0.170. The summed E-state index contributed by atoms with van der Waals surface area (Å²) < 4.78 is 0. The quantitative estimate of drug-likeness (QED) is 0.854. The van der Waals surface area contributed by atoms with Crippen molar-refractivity contribution in [3.63, 3.8) is 0 Å². The molecule has 1 aliphatic heterocycles. The normalized spacial score (nSPS) is 32.7. The molecule has 1 saturated carbocycles. The largest absolute Gasteiger partial charge is 0.362 e. The maximum absolute atomic E-state index is 4.68. The topological polar surface area (TPSA) is 24.4 Å². The van der Waals surface area contributed by atoms with Crippen LogP contribution in [0.3, 0.4) is 0 Å². The van der Waals surface area contributed by atoms with Crippen LogP contribution in [0.1, 0.15) is 46.5 Å². The zero-order valence-corrected chi connectivity index (χ0v) is 13.7. The first-order valence-corrected chi connectivity index (χ1v) is 9.13. The van der Waals surface area contributed by atoms with Gasteiger partial charge in [0.15, 0.2) is 5.17 Å². The van der Waals surface area contributed by atoms with Crippen LogP contribution in [-0.2, 0) is 0 Å². The molecule has 0 radical (unpaired) electrons. The molecular formula is C14H26N2S2. The van der Waals surface area contributed by atoms with Gasteiger partial charge >= 0.3 is 0 Å². The number of nitrogens with zero attached hydrogens (tertiary/aromatic N) is 1. The van der Waals surface area contributed by atoms with E-state index < -0.39 is 0 Å². The molecule has 4 heteroatoms. The fourth-order valence-electron chi connectivity index (χ4n) is 2.75. The summed E-state index contributed by atoms with van der Waals surface area (Å²) in [4.78, 5) is 4.68. The molecule has 104 valence electrons. The smallest absolute Gasteiger partial charge is 0.157 e. The van der Waals surface area contributed by atoms with Crippen molar-refractivity contribution in [3.8, 4) is 0 Å². The van der Waals surface area contributed by atoms with E-state index in [1.54, 1.807) is 0 Å². The lowest BCUT2D eigenvalue weighted by Gasteiger charge is -2.22. The molecule has 1 fully saturated rings. The predicted molar refractivity (Wildman–Crippen MR) is 85.8 cm³/mol. The molecule has 18 heavy (non-hydrogen) atoms. The molecule has 0 bridgehead atoms. The molecule has 3 unspecified atom stereocenters. The Morgan fingerprint density at radius 1 is 1.39 bits per heavy atom. The summed E-state index contributed by atoms with van der Waals surface area (Å²) in [6.07, 6.45) is 7.47. The van der Waals surface area contributed by atoms with Gasteiger partial charge < -0.3 is 5.32 Å². The zero-order valence-electron chi connectivity index (χ0n) is 12.0. The highest BCUT2D eigenvalue weighted by atomic mass is 32.2. The highest BCUT2D eigenvalue weighted by molar-refractivity contribution is 8.14. The Morgan fingerprint density at radius 3 is 2.78 bits per heavy atom. The molecule has 0 amide bonds. The number of thioether (sulfide) groups is 2. The second-order valence-corrected chi connectivity index (χ2v) is 9.09. The first kappa shape index (κ1) is 14.6. The van der Waals surface area contributed by atoms with Crippen molar-refractivity contribution in [2.75, 3.05) is 12.8 Å². The van der Waals surface area contributed by atoms with Crippen LogP contribution in [0.25, 0.3) is 0 Å². The van der Waals surface area contributed by atoms with Crippen LogP contribution in [0.2, 0.25) is 0 Å². The first-order valence-electron chi connectivity index (χ1n) is 6.97. The third kappa shape index (κ3) is 4.37. The van der Waals surface area contributed by atoms with Crippen molar-refractivity contribution in [1.82, 2.24) is 5.32 Å². The summed E-state index contributed by atoms with van der Waals surface area (Å²) in [5.74, 6) is 0. The van der Waals surface area contributed by atoms with Crippen LogP contribution >= 0.6 is 23.5 Å². The van der Waals surface area contributed by atoms with Gasteiger partial charge in [0, 0.05) is 16.5 Å². The van der Waals surface area contributed by atoms with Gasteiger partial charge in [-0.25, -0.2) is 0 Å². The molecule has 1 heterocycles. The molecule has 1 N–H and O–H groups in total. The Balaban J connectivity index is 1.73. The van der Waals surface area contributed by atoms with Gasteiger partial charge in [-0.05, 0) is 37.4 Å². The van der Waals surface area contributed by atoms with E-state index in [0.29, 0.717) is 16.7 Å². The maximum atomic E-state index is 4.68. The van der Waals surface area contributed by atoms with Crippen LogP contribution in [-0.4, -0.2) is 34.5 Å². The molecule has 2 nitrogen and oxygen atoms in total. The molecule has 2 rings (SSSR count). The average Bonchev–Trinajstić information content (AvgIpc) is 2.86. The van der Waals surface area contributed by atoms with Crippen LogP contribution in [0.4, 0.5) is 0 Å². The molecule has 1 aliphatic carbocycles. The van der Waals surface area contributed by atoms with E-state index in [9.17, 15) is 0 Å². The van der Waals surface area contributed by atoms with Gasteiger partial charge in [-0.2, -0.15) is 11.8 Å². The second-order valence-electron chi connectivity index (χ2n) is 6.66. The summed E-state index contributed by atoms with van der Waals surface area (Å²) in [6.45, 7) is 7.96. The summed E-state index contributed by atoms with van der Waals surface area (Å²) in [5.41, 5.74) is 0.417. The lowest BCUT2D eigenvalue weighted by Crippen LogP contribution is -2.30. The second kappa shape index (κ2) is 6.08. The number of hydrogen-bond donors (Lipinski definition) is 1. The lowest BCUT2D eigenvalue weighted by molar-refractivity contribution is 0.375. The van der Waals surface area contributed by atoms with Crippen molar-refractivity contribution in [3.05, 3.63) is 0 Å². The Bertz CT molecular complexity index is 309. The predicted octanol–water partition coefficient (Wildman–Crippen LogP) is 3.77. The molecule has 0 aromatic heterocycles. The summed E-state index contributed by atoms with van der Waals surface area (Å²) in [7, 11) is 0. The Kier molecular flexibility index (Phi) is 4.92. The fourth-order valence-corrected chi connectivity index (χ4v) is 4.97. The zero-order chi connectivity index (χ0) is 13.2. The van der Waals surface area contributed by atoms with Gasteiger partial charge in [0.05, 0.1) is 6.54 Å². The Labute approximate surface area is 120 Å². The molecule has 0 aromatic carbocycles. The fraction of sp³-hybridized carbons (Fsp3) is 0.929. The van der Waals surface area contributed by atoms with Crippen molar-refractivity contribution < 1.29 is 0 Å². The van der Waals surface area contributed by atoms with E-state index in [4.69, 9.17) is 0 Å². The summed E-state index contributed by atoms with van der Waals surface area (Å²) in [6, 6.07) is 0.669. The van der Waals surface area contributed by atoms with E-state index >= 15 is 0 Å². The van der Waals surface area contributed by atoms with E-state index in [2.05, 4.69) is 37.3 Å². The number of nitrogens with one attached hydrogen (secondary N) is 1. The van der Waals surface area contributed by atoms with Crippen LogP contribution in [0.15, 0.2) is 4.99 Å². The average molecular weight is 287 g/mol. The van der Waals surface area contributed by atoms with Crippen molar-refractivity contribution in [2.24, 2.45) is 10.4 Å². The van der Waals surface area contributed by atoms with E-state index in [-0.39, 0.29) is 0 Å². The van der Waals surface area contributed by atoms with Gasteiger partial charge in [-0.15, -0.1) is 0 Å². The number of rotatable bonds is 3. The minimum atomic E-state index is 0.417. The minimum Gasteiger partial charge on any atom is -0.362 e. The number of aliphatic imine (C=N–C) groups is 1. The molecule has 0 spiro atoms. The Morgan fingerprint density at radius 2 is 2.17 bits per heavy atom. The van der Waals surface area contributed by atoms with Gasteiger partial charge in [0.2, 0.25) is 0 Å². The molecule has 0 aromatic rings. The molecule has 0 saturated heterocycles. The summed E-state index contributed by atoms with van der Waals surface area (Å²) >= 11 is 3.98. The lowest BCUT2D eigenvalue weighted by atomic mass is 9.90.